The van der Waals surface area contributed by atoms with E-state index in [0.717, 1.165) is 12.8 Å². The number of rotatable bonds is 3. The van der Waals surface area contributed by atoms with Gasteiger partial charge in [-0.25, -0.2) is 4.39 Å². The van der Waals surface area contributed by atoms with Crippen LogP contribution in [0.15, 0.2) is 16.6 Å². The van der Waals surface area contributed by atoms with E-state index in [1.54, 1.807) is 0 Å². The molecule has 0 aromatic heterocycles. The Morgan fingerprint density at radius 3 is 2.67 bits per heavy atom. The molecule has 0 unspecified atom stereocenters. The van der Waals surface area contributed by atoms with Crippen molar-refractivity contribution in [1.29, 1.82) is 0 Å². The van der Waals surface area contributed by atoms with E-state index in [2.05, 4.69) is 15.9 Å². The van der Waals surface area contributed by atoms with Crippen LogP contribution in [0.1, 0.15) is 12.8 Å². The fourth-order valence-electron chi connectivity index (χ4n) is 1.22. The van der Waals surface area contributed by atoms with Crippen LogP contribution in [0.4, 0.5) is 4.39 Å². The summed E-state index contributed by atoms with van der Waals surface area (Å²) in [6.45, 7) is 0. The Bertz CT molecular complexity index is 393. The standard InChI is InChI=1S/C10H8BrCl2FO/c11-6-3-7(13)9(4-8(6)14)15-10(5-12)1-2-10/h3-4H,1-2,5H2. The SMILES string of the molecule is Fc1cc(OC2(CCl)CC2)c(Cl)cc1Br. The van der Waals surface area contributed by atoms with Crippen molar-refractivity contribution in [2.75, 3.05) is 5.88 Å². The maximum absolute atomic E-state index is 13.2. The van der Waals surface area contributed by atoms with Gasteiger partial charge in [-0.15, -0.1) is 11.6 Å². The summed E-state index contributed by atoms with van der Waals surface area (Å²) in [5.74, 6) is 0.372. The third kappa shape index (κ3) is 2.40. The Morgan fingerprint density at radius 2 is 2.13 bits per heavy atom. The smallest absolute Gasteiger partial charge is 0.141 e. The maximum atomic E-state index is 13.2. The van der Waals surface area contributed by atoms with Gasteiger partial charge < -0.3 is 4.74 Å². The van der Waals surface area contributed by atoms with Crippen molar-refractivity contribution in [3.8, 4) is 5.75 Å². The molecule has 82 valence electrons. The van der Waals surface area contributed by atoms with Crippen molar-refractivity contribution in [2.45, 2.75) is 18.4 Å². The quantitative estimate of drug-likeness (QED) is 0.594. The highest BCUT2D eigenvalue weighted by molar-refractivity contribution is 9.10. The van der Waals surface area contributed by atoms with Crippen molar-refractivity contribution in [1.82, 2.24) is 0 Å². The first kappa shape index (κ1) is 11.5. The van der Waals surface area contributed by atoms with Crippen LogP contribution in [-0.2, 0) is 0 Å². The zero-order valence-electron chi connectivity index (χ0n) is 7.70. The van der Waals surface area contributed by atoms with E-state index in [9.17, 15) is 4.39 Å². The first-order valence-corrected chi connectivity index (χ1v) is 6.16. The lowest BCUT2D eigenvalue weighted by Gasteiger charge is -2.16. The third-order valence-electron chi connectivity index (χ3n) is 2.35. The van der Waals surface area contributed by atoms with Crippen LogP contribution in [0.5, 0.6) is 5.75 Å². The summed E-state index contributed by atoms with van der Waals surface area (Å²) in [5, 5.41) is 0.389. The highest BCUT2D eigenvalue weighted by Gasteiger charge is 2.45. The molecule has 0 atom stereocenters. The highest BCUT2D eigenvalue weighted by Crippen LogP contribution is 2.43. The second-order valence-corrected chi connectivity index (χ2v) is 5.14. The Balaban J connectivity index is 2.25. The predicted molar refractivity (Wildman–Crippen MR) is 62.4 cm³/mol. The molecule has 0 saturated heterocycles. The molecule has 0 spiro atoms. The highest BCUT2D eigenvalue weighted by atomic mass is 79.9. The van der Waals surface area contributed by atoms with Crippen LogP contribution >= 0.6 is 39.1 Å². The van der Waals surface area contributed by atoms with E-state index < -0.39 is 0 Å². The van der Waals surface area contributed by atoms with E-state index >= 15 is 0 Å². The summed E-state index contributed by atoms with van der Waals surface area (Å²) >= 11 is 14.7. The maximum Gasteiger partial charge on any atom is 0.141 e. The number of halogens is 4. The number of hydrogen-bond donors (Lipinski definition) is 0. The summed E-state index contributed by atoms with van der Waals surface area (Å²) in [6, 6.07) is 2.76. The van der Waals surface area contributed by atoms with E-state index in [-0.39, 0.29) is 11.4 Å². The molecule has 1 aliphatic rings. The molecule has 0 N–H and O–H groups in total. The van der Waals surface area contributed by atoms with E-state index in [0.29, 0.717) is 21.1 Å². The first-order valence-electron chi connectivity index (χ1n) is 4.46. The molecule has 0 radical (unpaired) electrons. The zero-order valence-corrected chi connectivity index (χ0v) is 10.8. The summed E-state index contributed by atoms with van der Waals surface area (Å²) < 4.78 is 19.2. The summed E-state index contributed by atoms with van der Waals surface area (Å²) in [7, 11) is 0. The van der Waals surface area contributed by atoms with Crippen LogP contribution in [-0.4, -0.2) is 11.5 Å². The molecule has 0 heterocycles. The molecule has 0 aliphatic heterocycles. The fraction of sp³-hybridized carbons (Fsp3) is 0.400. The minimum atomic E-state index is -0.389. The molecule has 0 bridgehead atoms. The van der Waals surface area contributed by atoms with Gasteiger partial charge in [0.1, 0.15) is 17.2 Å². The largest absolute Gasteiger partial charge is 0.484 e. The van der Waals surface area contributed by atoms with Gasteiger partial charge in [-0.05, 0) is 34.8 Å². The molecular formula is C10H8BrCl2FO. The molecule has 1 aromatic carbocycles. The molecule has 5 heteroatoms. The molecular weight excluding hydrogens is 306 g/mol. The summed E-state index contributed by atoms with van der Waals surface area (Å²) in [5.41, 5.74) is -0.328. The third-order valence-corrected chi connectivity index (χ3v) is 3.74. The first-order chi connectivity index (χ1) is 7.06. The van der Waals surface area contributed by atoms with Crippen LogP contribution in [0, 0.1) is 5.82 Å². The van der Waals surface area contributed by atoms with Gasteiger partial charge in [0.2, 0.25) is 0 Å². The van der Waals surface area contributed by atoms with Gasteiger partial charge in [-0.1, -0.05) is 11.6 Å². The van der Waals surface area contributed by atoms with Crippen molar-refractivity contribution < 1.29 is 9.13 Å². The molecule has 2 rings (SSSR count). The van der Waals surface area contributed by atoms with Crippen molar-refractivity contribution in [3.63, 3.8) is 0 Å². The van der Waals surface area contributed by atoms with Crippen molar-refractivity contribution in [3.05, 3.63) is 27.4 Å². The minimum Gasteiger partial charge on any atom is -0.484 e. The molecule has 15 heavy (non-hydrogen) atoms. The molecule has 0 amide bonds. The lowest BCUT2D eigenvalue weighted by Crippen LogP contribution is -2.20. The topological polar surface area (TPSA) is 9.23 Å². The van der Waals surface area contributed by atoms with Crippen molar-refractivity contribution in [2.24, 2.45) is 0 Å². The molecule has 1 saturated carbocycles. The molecule has 1 fully saturated rings. The van der Waals surface area contributed by atoms with Gasteiger partial charge in [-0.2, -0.15) is 0 Å². The Morgan fingerprint density at radius 1 is 1.47 bits per heavy atom. The van der Waals surface area contributed by atoms with Crippen LogP contribution < -0.4 is 4.74 Å². The van der Waals surface area contributed by atoms with Crippen molar-refractivity contribution >= 4 is 39.1 Å². The second kappa shape index (κ2) is 4.11. The van der Waals surface area contributed by atoms with Gasteiger partial charge >= 0.3 is 0 Å². The molecule has 1 nitrogen and oxygen atoms in total. The summed E-state index contributed by atoms with van der Waals surface area (Å²) in [6.07, 6.45) is 1.79. The van der Waals surface area contributed by atoms with Crippen LogP contribution in [0.2, 0.25) is 5.02 Å². The Labute approximate surface area is 106 Å². The molecule has 1 aliphatic carbocycles. The van der Waals surface area contributed by atoms with Gasteiger partial charge in [-0.3, -0.25) is 0 Å². The Kier molecular flexibility index (Phi) is 3.15. The molecule has 1 aromatic rings. The fourth-order valence-corrected chi connectivity index (χ4v) is 2.22. The lowest BCUT2D eigenvalue weighted by molar-refractivity contribution is 0.203. The normalized spacial score (nSPS) is 17.6. The average Bonchev–Trinajstić information content (AvgIpc) is 2.95. The van der Waals surface area contributed by atoms with Gasteiger partial charge in [0.05, 0.1) is 15.4 Å². The van der Waals surface area contributed by atoms with Crippen LogP contribution in [0.25, 0.3) is 0 Å². The monoisotopic (exact) mass is 312 g/mol. The van der Waals surface area contributed by atoms with E-state index in [1.807, 2.05) is 0 Å². The number of alkyl halides is 1. The van der Waals surface area contributed by atoms with Gasteiger partial charge in [0.15, 0.2) is 0 Å². The second-order valence-electron chi connectivity index (χ2n) is 3.62. The van der Waals surface area contributed by atoms with E-state index in [1.165, 1.54) is 12.1 Å². The Hall–Kier alpha value is 0.01000. The van der Waals surface area contributed by atoms with E-state index in [4.69, 9.17) is 27.9 Å². The number of ether oxygens (including phenoxy) is 1. The average molecular weight is 314 g/mol. The lowest BCUT2D eigenvalue weighted by atomic mass is 10.3. The predicted octanol–water partition coefficient (Wildman–Crippen LogP) is 4.39. The summed E-state index contributed by atoms with van der Waals surface area (Å²) in [4.78, 5) is 0. The minimum absolute atomic E-state index is 0.328. The van der Waals surface area contributed by atoms with Crippen LogP contribution in [0.3, 0.4) is 0 Å². The van der Waals surface area contributed by atoms with Gasteiger partial charge in [0, 0.05) is 6.07 Å². The number of hydrogen-bond acceptors (Lipinski definition) is 1. The van der Waals surface area contributed by atoms with Gasteiger partial charge in [0.25, 0.3) is 0 Å². The zero-order chi connectivity index (χ0) is 11.1. The number of benzene rings is 1.